The van der Waals surface area contributed by atoms with Gasteiger partial charge in [-0.2, -0.15) is 4.73 Å². The summed E-state index contributed by atoms with van der Waals surface area (Å²) in [4.78, 5) is 62.9. The van der Waals surface area contributed by atoms with Crippen LogP contribution >= 0.6 is 11.6 Å². The molecule has 3 aliphatic rings. The number of carbonyl (C=O) groups excluding carboxylic acids is 3. The summed E-state index contributed by atoms with van der Waals surface area (Å²) in [5.74, 6) is 1.36. The van der Waals surface area contributed by atoms with Crippen molar-refractivity contribution >= 4 is 45.9 Å². The molecule has 7 rings (SSSR count). The van der Waals surface area contributed by atoms with Gasteiger partial charge in [0.05, 0.1) is 142 Å². The molecule has 22 heteroatoms. The molecule has 1 atom stereocenters. The van der Waals surface area contributed by atoms with E-state index in [-0.39, 0.29) is 30.7 Å². The fourth-order valence-electron chi connectivity index (χ4n) is 9.62. The Balaban J connectivity index is 0.718. The third-order valence-corrected chi connectivity index (χ3v) is 14.0. The molecule has 6 heterocycles. The van der Waals surface area contributed by atoms with Gasteiger partial charge < -0.3 is 62.3 Å². The Labute approximate surface area is 452 Å². The third kappa shape index (κ3) is 18.0. The average Bonchev–Trinajstić information content (AvgIpc) is 3.92. The SMILES string of the molecule is CCCCC(C)CN1CCN(CCC(=O)N2CC3(C2)C(=O)N(Cc2nc4cc(Cl)ccc4n2OCCOCCOCCOCCOCc2cn(CCOCCOCCOCCOCCC(C)=O)[nH]2)c2cnccc23)CC1. The van der Waals surface area contributed by atoms with Crippen molar-refractivity contribution in [3.63, 3.8) is 0 Å². The second-order valence-corrected chi connectivity index (χ2v) is 20.2. The van der Waals surface area contributed by atoms with Gasteiger partial charge in [-0.05, 0) is 49.1 Å². The van der Waals surface area contributed by atoms with Crippen LogP contribution in [0.15, 0.2) is 42.9 Å². The number of ketones is 1. The van der Waals surface area contributed by atoms with Crippen molar-refractivity contribution in [3.8, 4) is 0 Å². The van der Waals surface area contributed by atoms with Crippen LogP contribution in [0.3, 0.4) is 0 Å². The lowest BCUT2D eigenvalue weighted by Gasteiger charge is -2.47. The van der Waals surface area contributed by atoms with Crippen LogP contribution in [-0.4, -0.2) is 215 Å². The van der Waals surface area contributed by atoms with E-state index in [0.717, 1.165) is 50.5 Å². The van der Waals surface area contributed by atoms with Crippen LogP contribution in [-0.2, 0) is 77.4 Å². The third-order valence-electron chi connectivity index (χ3n) is 13.8. The number of nitrogens with zero attached hydrogens (tertiary/aromatic N) is 8. The zero-order chi connectivity index (χ0) is 53.4. The number of nitrogens with one attached hydrogen (secondary N) is 1. The normalized spacial score (nSPS) is 16.1. The Bertz CT molecular complexity index is 2340. The molecule has 1 unspecified atom stereocenters. The summed E-state index contributed by atoms with van der Waals surface area (Å²) in [6.07, 6.45) is 10.1. The van der Waals surface area contributed by atoms with Gasteiger partial charge in [0.25, 0.3) is 0 Å². The molecule has 76 heavy (non-hydrogen) atoms. The number of unbranched alkanes of at least 4 members (excludes halogenated alkanes) is 1. The number of piperazine rings is 1. The standard InChI is InChI=1S/C54H82ClN9O12/c1-4-5-6-43(2)37-60-16-14-59(15-17-60)13-10-52(66)61-41-54(42-61)47-9-12-56-36-50(47)63(53(54)67)39-51-57-48-35-45(55)7-8-49(48)64(51)76-34-33-74-30-29-72-27-28-73-31-32-75-40-46-38-62(58-46)18-20-69-22-24-71-26-25-70-23-21-68-19-11-44(3)65/h7-9,12,35-36,38,43,58H,4-6,10-11,13-34,37,39-42H2,1-3H3. The number of pyridine rings is 1. The van der Waals surface area contributed by atoms with Gasteiger partial charge in [-0.3, -0.25) is 29.1 Å². The van der Waals surface area contributed by atoms with E-state index in [1.165, 1.54) is 19.3 Å². The summed E-state index contributed by atoms with van der Waals surface area (Å²) in [6, 6.07) is 7.31. The Kier molecular flexibility index (Phi) is 24.7. The van der Waals surface area contributed by atoms with E-state index in [1.54, 1.807) is 41.1 Å². The molecule has 1 aromatic carbocycles. The number of aromatic nitrogens is 5. The van der Waals surface area contributed by atoms with Crippen molar-refractivity contribution in [2.24, 2.45) is 5.92 Å². The molecule has 1 spiro atoms. The van der Waals surface area contributed by atoms with Crippen LogP contribution in [0.25, 0.3) is 11.0 Å². The van der Waals surface area contributed by atoms with E-state index in [9.17, 15) is 14.4 Å². The lowest BCUT2D eigenvalue weighted by molar-refractivity contribution is -0.144. The monoisotopic (exact) mass is 1080 g/mol. The largest absolute Gasteiger partial charge is 0.410 e. The first-order valence-corrected chi connectivity index (χ1v) is 27.7. The predicted octanol–water partition coefficient (Wildman–Crippen LogP) is 4.42. The van der Waals surface area contributed by atoms with Crippen molar-refractivity contribution in [2.45, 2.75) is 78.0 Å². The smallest absolute Gasteiger partial charge is 0.241 e. The number of rotatable bonds is 40. The molecule has 0 saturated carbocycles. The Hall–Kier alpha value is -4.52. The van der Waals surface area contributed by atoms with Gasteiger partial charge in [-0.15, -0.1) is 0 Å². The van der Waals surface area contributed by atoms with E-state index in [1.807, 2.05) is 27.9 Å². The topological polar surface area (TPSA) is 199 Å². The number of anilines is 1. The molecule has 2 fully saturated rings. The molecular weight excluding hydrogens is 1000 g/mol. The van der Waals surface area contributed by atoms with Gasteiger partial charge in [-0.25, -0.2) is 4.98 Å². The molecule has 1 N–H and O–H groups in total. The zero-order valence-corrected chi connectivity index (χ0v) is 45.9. The fraction of sp³-hybridized carbons (Fsp3) is 0.685. The maximum atomic E-state index is 14.5. The number of hydrogen-bond acceptors (Lipinski definition) is 16. The number of amides is 2. The lowest BCUT2D eigenvalue weighted by Crippen LogP contribution is -2.65. The molecule has 0 radical (unpaired) electrons. The van der Waals surface area contributed by atoms with Crippen molar-refractivity contribution in [3.05, 3.63) is 65.0 Å². The Morgan fingerprint density at radius 1 is 0.763 bits per heavy atom. The highest BCUT2D eigenvalue weighted by atomic mass is 35.5. The van der Waals surface area contributed by atoms with Gasteiger partial charge in [-0.1, -0.05) is 38.3 Å². The zero-order valence-electron chi connectivity index (χ0n) is 45.1. The van der Waals surface area contributed by atoms with Crippen molar-refractivity contribution in [1.82, 2.24) is 39.2 Å². The number of carbonyl (C=O) groups is 3. The number of benzene rings is 1. The molecule has 21 nitrogen and oxygen atoms in total. The maximum absolute atomic E-state index is 14.5. The number of likely N-dealkylation sites (tertiary alicyclic amines) is 1. The highest BCUT2D eigenvalue weighted by molar-refractivity contribution is 6.31. The van der Waals surface area contributed by atoms with E-state index < -0.39 is 5.41 Å². The first-order valence-electron chi connectivity index (χ1n) is 27.3. The number of halogens is 1. The Morgan fingerprint density at radius 2 is 1.37 bits per heavy atom. The molecule has 3 aliphatic heterocycles. The summed E-state index contributed by atoms with van der Waals surface area (Å²) in [5.41, 5.74) is 3.11. The van der Waals surface area contributed by atoms with Gasteiger partial charge in [0.15, 0.2) is 5.82 Å². The molecule has 422 valence electrons. The van der Waals surface area contributed by atoms with Crippen molar-refractivity contribution < 1.29 is 57.1 Å². The molecule has 0 aliphatic carbocycles. The summed E-state index contributed by atoms with van der Waals surface area (Å²) >= 11 is 6.38. The minimum atomic E-state index is -0.827. The molecule has 2 amide bonds. The first-order chi connectivity index (χ1) is 37.1. The minimum absolute atomic E-state index is 0.0747. The minimum Gasteiger partial charge on any atom is -0.410 e. The Morgan fingerprint density at radius 3 is 2.01 bits per heavy atom. The van der Waals surface area contributed by atoms with Crippen molar-refractivity contribution in [2.75, 3.05) is 163 Å². The van der Waals surface area contributed by atoms with Crippen LogP contribution in [0.4, 0.5) is 5.69 Å². The van der Waals surface area contributed by atoms with Crippen LogP contribution < -0.4 is 9.74 Å². The lowest BCUT2D eigenvalue weighted by atomic mass is 9.74. The molecular formula is C54H82ClN9O12. The quantitative estimate of drug-likeness (QED) is 0.0614. The molecule has 3 aromatic heterocycles. The number of hydrogen-bond donors (Lipinski definition) is 1. The highest BCUT2D eigenvalue weighted by Crippen LogP contribution is 2.47. The van der Waals surface area contributed by atoms with E-state index in [2.05, 4.69) is 33.7 Å². The van der Waals surface area contributed by atoms with Gasteiger partial charge in [0.1, 0.15) is 23.3 Å². The fourth-order valence-corrected chi connectivity index (χ4v) is 9.79. The number of H-pyrrole nitrogens is 1. The second kappa shape index (κ2) is 31.8. The van der Waals surface area contributed by atoms with Crippen LogP contribution in [0.1, 0.15) is 70.0 Å². The van der Waals surface area contributed by atoms with Gasteiger partial charge >= 0.3 is 0 Å². The summed E-state index contributed by atoms with van der Waals surface area (Å²) < 4.78 is 48.3. The summed E-state index contributed by atoms with van der Waals surface area (Å²) in [6.45, 7) is 21.1. The number of imidazole rings is 1. The van der Waals surface area contributed by atoms with Gasteiger partial charge in [0.2, 0.25) is 11.8 Å². The van der Waals surface area contributed by atoms with Crippen LogP contribution in [0.2, 0.25) is 5.02 Å². The summed E-state index contributed by atoms with van der Waals surface area (Å²) in [5, 5.41) is 3.77. The second-order valence-electron chi connectivity index (χ2n) is 19.8. The van der Waals surface area contributed by atoms with Crippen molar-refractivity contribution in [1.29, 1.82) is 0 Å². The number of fused-ring (bicyclic) bond motifs is 3. The maximum Gasteiger partial charge on any atom is 0.241 e. The number of aromatic amines is 1. The number of ether oxygens (including phenoxy) is 8. The first kappa shape index (κ1) is 59.1. The predicted molar refractivity (Wildman–Crippen MR) is 286 cm³/mol. The molecule has 2 saturated heterocycles. The van der Waals surface area contributed by atoms with Crippen LogP contribution in [0, 0.1) is 5.92 Å². The van der Waals surface area contributed by atoms with Gasteiger partial charge in [0, 0.05) is 82.6 Å². The molecule has 0 bridgehead atoms. The highest BCUT2D eigenvalue weighted by Gasteiger charge is 2.59. The van der Waals surface area contributed by atoms with E-state index in [0.29, 0.717) is 172 Å². The summed E-state index contributed by atoms with van der Waals surface area (Å²) in [7, 11) is 0. The van der Waals surface area contributed by atoms with E-state index >= 15 is 0 Å². The van der Waals surface area contributed by atoms with E-state index in [4.69, 9.17) is 59.3 Å². The number of Topliss-reactive ketones (excluding diaryl/α,β-unsaturated/α-hetero) is 1. The van der Waals surface area contributed by atoms with Crippen LogP contribution in [0.5, 0.6) is 0 Å². The average molecular weight is 1080 g/mol. The molecule has 4 aromatic rings.